The fourth-order valence-electron chi connectivity index (χ4n) is 4.44. The first-order valence-electron chi connectivity index (χ1n) is 11.6. The summed E-state index contributed by atoms with van der Waals surface area (Å²) < 4.78 is 35.4. The van der Waals surface area contributed by atoms with E-state index in [-0.39, 0.29) is 18.7 Å². The molecule has 34 heavy (non-hydrogen) atoms. The Kier molecular flexibility index (Phi) is 8.21. The first kappa shape index (κ1) is 24.3. The molecule has 0 radical (unpaired) electrons. The number of para-hydroxylation sites is 1. The Hall–Kier alpha value is -2.88. The third-order valence-electron chi connectivity index (χ3n) is 6.04. The van der Waals surface area contributed by atoms with E-state index in [0.29, 0.717) is 13.3 Å². The number of rotatable bonds is 11. The van der Waals surface area contributed by atoms with Crippen LogP contribution in [-0.4, -0.2) is 69.1 Å². The Balaban J connectivity index is 1.33. The van der Waals surface area contributed by atoms with Crippen LogP contribution in [0.5, 0.6) is 5.75 Å². The lowest BCUT2D eigenvalue weighted by Gasteiger charge is -2.40. The van der Waals surface area contributed by atoms with Crippen molar-refractivity contribution in [3.05, 3.63) is 78.4 Å². The normalized spacial score (nSPS) is 16.9. The summed E-state index contributed by atoms with van der Waals surface area (Å²) in [5.74, 6) is -0.564. The first-order valence-corrected chi connectivity index (χ1v) is 11.6. The van der Waals surface area contributed by atoms with Crippen molar-refractivity contribution >= 4 is 0 Å². The van der Waals surface area contributed by atoms with E-state index in [0.717, 1.165) is 50.7 Å². The van der Waals surface area contributed by atoms with Crippen LogP contribution in [0.15, 0.2) is 61.2 Å². The van der Waals surface area contributed by atoms with Gasteiger partial charge in [0.1, 0.15) is 35.6 Å². The van der Waals surface area contributed by atoms with Crippen LogP contribution >= 0.6 is 0 Å². The maximum absolute atomic E-state index is 14.7. The monoisotopic (exact) mass is 471 g/mol. The molecular formula is C25H31F2N5O2. The lowest BCUT2D eigenvalue weighted by molar-refractivity contribution is -0.0440. The zero-order valence-electron chi connectivity index (χ0n) is 19.2. The molecule has 1 unspecified atom stereocenters. The second-order valence-electron chi connectivity index (χ2n) is 8.78. The van der Waals surface area contributed by atoms with Gasteiger partial charge in [-0.15, -0.1) is 0 Å². The van der Waals surface area contributed by atoms with Gasteiger partial charge in [-0.25, -0.2) is 18.4 Å². The minimum Gasteiger partial charge on any atom is -0.494 e. The van der Waals surface area contributed by atoms with E-state index in [1.54, 1.807) is 0 Å². The van der Waals surface area contributed by atoms with Gasteiger partial charge < -0.3 is 9.84 Å². The van der Waals surface area contributed by atoms with Crippen molar-refractivity contribution < 1.29 is 18.6 Å². The van der Waals surface area contributed by atoms with Gasteiger partial charge in [-0.3, -0.25) is 9.80 Å². The van der Waals surface area contributed by atoms with E-state index in [9.17, 15) is 13.9 Å². The minimum atomic E-state index is -1.59. The van der Waals surface area contributed by atoms with E-state index in [2.05, 4.69) is 19.9 Å². The standard InChI is InChI=1S/C25H31F2N5O2/c26-21-9-10-23(24(27)15-21)25(33,17-32-19-28-18-29-32)16-31-13-6-12-30(20-31)11-4-5-14-34-22-7-2-1-3-8-22/h1-3,7-10,15,18-19,33H,4-6,11-14,16-17,20H2. The molecule has 0 amide bonds. The Morgan fingerprint density at radius 2 is 1.82 bits per heavy atom. The van der Waals surface area contributed by atoms with Gasteiger partial charge in [0.05, 0.1) is 19.8 Å². The molecule has 0 bridgehead atoms. The molecule has 1 aromatic heterocycles. The Morgan fingerprint density at radius 1 is 1.00 bits per heavy atom. The van der Waals surface area contributed by atoms with Crippen LogP contribution in [0.2, 0.25) is 0 Å². The molecule has 2 aromatic carbocycles. The second-order valence-corrected chi connectivity index (χ2v) is 8.78. The first-order chi connectivity index (χ1) is 16.5. The maximum atomic E-state index is 14.7. The number of benzene rings is 2. The predicted octanol–water partition coefficient (Wildman–Crippen LogP) is 3.27. The highest BCUT2D eigenvalue weighted by Crippen LogP contribution is 2.28. The lowest BCUT2D eigenvalue weighted by Crippen LogP contribution is -2.51. The average molecular weight is 472 g/mol. The molecule has 2 heterocycles. The number of hydrogen-bond acceptors (Lipinski definition) is 6. The van der Waals surface area contributed by atoms with Gasteiger partial charge in [0.15, 0.2) is 0 Å². The van der Waals surface area contributed by atoms with E-state index < -0.39 is 17.2 Å². The van der Waals surface area contributed by atoms with Crippen LogP contribution in [0.4, 0.5) is 8.78 Å². The van der Waals surface area contributed by atoms with Crippen LogP contribution < -0.4 is 4.74 Å². The number of nitrogens with zero attached hydrogens (tertiary/aromatic N) is 5. The SMILES string of the molecule is OC(CN1CCCN(CCCCOc2ccccc2)C1)(Cn1cncn1)c1ccc(F)cc1F. The highest BCUT2D eigenvalue weighted by atomic mass is 19.1. The highest BCUT2D eigenvalue weighted by Gasteiger charge is 2.36. The minimum absolute atomic E-state index is 0.0167. The lowest BCUT2D eigenvalue weighted by atomic mass is 9.92. The summed E-state index contributed by atoms with van der Waals surface area (Å²) >= 11 is 0. The average Bonchev–Trinajstić information content (AvgIpc) is 3.32. The van der Waals surface area contributed by atoms with Crippen molar-refractivity contribution in [2.75, 3.05) is 39.5 Å². The molecule has 3 aromatic rings. The van der Waals surface area contributed by atoms with E-state index in [1.165, 1.54) is 29.5 Å². The molecule has 1 aliphatic heterocycles. The van der Waals surface area contributed by atoms with Gasteiger partial charge >= 0.3 is 0 Å². The van der Waals surface area contributed by atoms with Crippen LogP contribution in [0.1, 0.15) is 24.8 Å². The zero-order chi connectivity index (χ0) is 23.8. The van der Waals surface area contributed by atoms with Crippen LogP contribution in [0.3, 0.4) is 0 Å². The number of unbranched alkanes of at least 4 members (excludes halogenated alkanes) is 1. The number of aliphatic hydroxyl groups is 1. The molecule has 0 spiro atoms. The van der Waals surface area contributed by atoms with Crippen LogP contribution in [-0.2, 0) is 12.1 Å². The van der Waals surface area contributed by atoms with E-state index in [1.807, 2.05) is 30.3 Å². The summed E-state index contributed by atoms with van der Waals surface area (Å²) in [4.78, 5) is 8.37. The predicted molar refractivity (Wildman–Crippen MR) is 124 cm³/mol. The van der Waals surface area contributed by atoms with E-state index in [4.69, 9.17) is 4.74 Å². The van der Waals surface area contributed by atoms with Crippen LogP contribution in [0, 0.1) is 11.6 Å². The number of β-amino-alcohol motifs (C(OH)–C–C–N with tert-alkyl or cyclic N) is 1. The maximum Gasteiger partial charge on any atom is 0.137 e. The summed E-state index contributed by atoms with van der Waals surface area (Å²) in [7, 11) is 0. The van der Waals surface area contributed by atoms with Gasteiger partial charge in [-0.05, 0) is 44.0 Å². The third kappa shape index (κ3) is 6.59. The number of aromatic nitrogens is 3. The highest BCUT2D eigenvalue weighted by molar-refractivity contribution is 5.26. The smallest absolute Gasteiger partial charge is 0.137 e. The van der Waals surface area contributed by atoms with Crippen molar-refractivity contribution in [3.8, 4) is 5.75 Å². The van der Waals surface area contributed by atoms with Crippen molar-refractivity contribution in [1.82, 2.24) is 24.6 Å². The molecule has 0 saturated carbocycles. The molecule has 4 rings (SSSR count). The fourth-order valence-corrected chi connectivity index (χ4v) is 4.44. The molecule has 7 nitrogen and oxygen atoms in total. The molecule has 0 aliphatic carbocycles. The molecule has 1 fully saturated rings. The molecule has 1 aliphatic rings. The number of hydrogen-bond donors (Lipinski definition) is 1. The largest absolute Gasteiger partial charge is 0.494 e. The van der Waals surface area contributed by atoms with Gasteiger partial charge in [0.2, 0.25) is 0 Å². The Bertz CT molecular complexity index is 1020. The van der Waals surface area contributed by atoms with Crippen molar-refractivity contribution in [2.45, 2.75) is 31.4 Å². The number of ether oxygens (including phenoxy) is 1. The summed E-state index contributed by atoms with van der Waals surface area (Å²) in [6.45, 7) is 4.23. The zero-order valence-corrected chi connectivity index (χ0v) is 19.2. The van der Waals surface area contributed by atoms with Gasteiger partial charge in [0, 0.05) is 31.3 Å². The topological polar surface area (TPSA) is 66.7 Å². The molecule has 1 atom stereocenters. The molecular weight excluding hydrogens is 440 g/mol. The van der Waals surface area contributed by atoms with Crippen molar-refractivity contribution in [1.29, 1.82) is 0 Å². The molecule has 1 saturated heterocycles. The van der Waals surface area contributed by atoms with Crippen molar-refractivity contribution in [2.24, 2.45) is 0 Å². The van der Waals surface area contributed by atoms with Crippen molar-refractivity contribution in [3.63, 3.8) is 0 Å². The summed E-state index contributed by atoms with van der Waals surface area (Å²) in [6.07, 6.45) is 5.74. The fraction of sp³-hybridized carbons (Fsp3) is 0.440. The summed E-state index contributed by atoms with van der Waals surface area (Å²) in [5.41, 5.74) is -1.53. The van der Waals surface area contributed by atoms with E-state index >= 15 is 0 Å². The number of halogens is 2. The Labute approximate surface area is 198 Å². The third-order valence-corrected chi connectivity index (χ3v) is 6.04. The molecule has 1 N–H and O–H groups in total. The summed E-state index contributed by atoms with van der Waals surface area (Å²) in [6, 6.07) is 13.1. The molecule has 9 heteroatoms. The Morgan fingerprint density at radius 3 is 2.59 bits per heavy atom. The molecule has 182 valence electrons. The van der Waals surface area contributed by atoms with Gasteiger partial charge in [-0.1, -0.05) is 24.3 Å². The van der Waals surface area contributed by atoms with Gasteiger partial charge in [0.25, 0.3) is 0 Å². The quantitative estimate of drug-likeness (QED) is 0.433. The van der Waals surface area contributed by atoms with Crippen LogP contribution in [0.25, 0.3) is 0 Å². The summed E-state index contributed by atoms with van der Waals surface area (Å²) in [5, 5.41) is 15.7. The second kappa shape index (κ2) is 11.5. The van der Waals surface area contributed by atoms with Gasteiger partial charge in [-0.2, -0.15) is 5.10 Å².